The molecule has 0 heterocycles. The molecule has 1 amide bonds. The largest absolute Gasteiger partial charge is 0.497 e. The number of nitrogens with one attached hydrogen (secondary N) is 1. The van der Waals surface area contributed by atoms with Crippen LogP contribution >= 0.6 is 23.2 Å². The zero-order valence-corrected chi connectivity index (χ0v) is 13.8. The molecule has 0 aliphatic rings. The predicted molar refractivity (Wildman–Crippen MR) is 90.7 cm³/mol. The van der Waals surface area contributed by atoms with Crippen LogP contribution in [0.3, 0.4) is 0 Å². The van der Waals surface area contributed by atoms with E-state index in [1.807, 2.05) is 18.2 Å². The van der Waals surface area contributed by atoms with Crippen LogP contribution in [0.25, 0.3) is 0 Å². The molecule has 2 aromatic rings. The summed E-state index contributed by atoms with van der Waals surface area (Å²) in [6, 6.07) is 12.2. The Morgan fingerprint density at radius 2 is 2.04 bits per heavy atom. The van der Waals surface area contributed by atoms with Crippen LogP contribution < -0.4 is 14.9 Å². The molecule has 23 heavy (non-hydrogen) atoms. The van der Waals surface area contributed by atoms with Gasteiger partial charge in [0.05, 0.1) is 18.3 Å². The fourth-order valence-electron chi connectivity index (χ4n) is 1.67. The molecular weight excluding hydrogens is 339 g/mol. The first-order valence-electron chi connectivity index (χ1n) is 6.63. The van der Waals surface area contributed by atoms with E-state index >= 15 is 0 Å². The Balaban J connectivity index is 1.85. The number of rotatable bonds is 6. The Bertz CT molecular complexity index is 720. The van der Waals surface area contributed by atoms with Gasteiger partial charge in [0, 0.05) is 0 Å². The van der Waals surface area contributed by atoms with Crippen molar-refractivity contribution in [2.75, 3.05) is 13.7 Å². The van der Waals surface area contributed by atoms with Crippen molar-refractivity contribution in [3.05, 3.63) is 58.1 Å². The molecule has 0 aliphatic carbocycles. The third-order valence-electron chi connectivity index (χ3n) is 2.77. The maximum atomic E-state index is 11.7. The molecule has 0 saturated heterocycles. The summed E-state index contributed by atoms with van der Waals surface area (Å²) in [5.74, 6) is 0.630. The van der Waals surface area contributed by atoms with Crippen molar-refractivity contribution in [1.29, 1.82) is 0 Å². The van der Waals surface area contributed by atoms with Crippen molar-refractivity contribution >= 4 is 35.3 Å². The van der Waals surface area contributed by atoms with E-state index < -0.39 is 5.91 Å². The van der Waals surface area contributed by atoms with Crippen molar-refractivity contribution < 1.29 is 14.3 Å². The minimum atomic E-state index is -0.416. The van der Waals surface area contributed by atoms with Crippen LogP contribution in [-0.4, -0.2) is 25.8 Å². The Morgan fingerprint density at radius 1 is 1.26 bits per heavy atom. The van der Waals surface area contributed by atoms with Crippen molar-refractivity contribution in [3.63, 3.8) is 0 Å². The Kier molecular flexibility index (Phi) is 6.26. The summed E-state index contributed by atoms with van der Waals surface area (Å²) < 4.78 is 10.4. The minimum absolute atomic E-state index is 0.227. The van der Waals surface area contributed by atoms with E-state index in [4.69, 9.17) is 32.7 Å². The number of hydrogen-bond donors (Lipinski definition) is 1. The van der Waals surface area contributed by atoms with E-state index in [2.05, 4.69) is 10.5 Å². The summed E-state index contributed by atoms with van der Waals surface area (Å²) in [6.45, 7) is -0.227. The fraction of sp³-hybridized carbons (Fsp3) is 0.125. The first-order chi connectivity index (χ1) is 11.1. The summed E-state index contributed by atoms with van der Waals surface area (Å²) in [4.78, 5) is 11.7. The van der Waals surface area contributed by atoms with Crippen LogP contribution in [0.15, 0.2) is 47.6 Å². The molecule has 0 radical (unpaired) electrons. The monoisotopic (exact) mass is 352 g/mol. The number of carbonyl (C=O) groups is 1. The van der Waals surface area contributed by atoms with E-state index in [-0.39, 0.29) is 11.6 Å². The van der Waals surface area contributed by atoms with Gasteiger partial charge < -0.3 is 9.47 Å². The second kappa shape index (κ2) is 8.41. The average Bonchev–Trinajstić information content (AvgIpc) is 2.56. The zero-order chi connectivity index (χ0) is 16.7. The molecule has 7 heteroatoms. The van der Waals surface area contributed by atoms with Gasteiger partial charge in [0.2, 0.25) is 0 Å². The lowest BCUT2D eigenvalue weighted by Crippen LogP contribution is -2.24. The number of carbonyl (C=O) groups excluding carboxylic acids is 1. The first-order valence-corrected chi connectivity index (χ1v) is 7.38. The van der Waals surface area contributed by atoms with Crippen molar-refractivity contribution in [1.82, 2.24) is 5.43 Å². The maximum absolute atomic E-state index is 11.7. The Morgan fingerprint density at radius 3 is 2.83 bits per heavy atom. The van der Waals surface area contributed by atoms with Gasteiger partial charge in [-0.15, -0.1) is 0 Å². The summed E-state index contributed by atoms with van der Waals surface area (Å²) in [7, 11) is 1.58. The van der Waals surface area contributed by atoms with Crippen LogP contribution in [0.4, 0.5) is 0 Å². The molecular formula is C16H14Cl2N2O3. The molecule has 0 fully saturated rings. The predicted octanol–water partition coefficient (Wildman–Crippen LogP) is 3.53. The number of amides is 1. The molecule has 0 aliphatic heterocycles. The molecule has 1 N–H and O–H groups in total. The highest BCUT2D eigenvalue weighted by molar-refractivity contribution is 6.42. The topological polar surface area (TPSA) is 59.9 Å². The van der Waals surface area contributed by atoms with Crippen LogP contribution in [-0.2, 0) is 4.79 Å². The molecule has 2 rings (SSSR count). The van der Waals surface area contributed by atoms with Crippen molar-refractivity contribution in [3.8, 4) is 11.5 Å². The molecule has 120 valence electrons. The third kappa shape index (κ3) is 5.16. The highest BCUT2D eigenvalue weighted by atomic mass is 35.5. The number of hydrazone groups is 1. The Labute approximate surface area is 143 Å². The van der Waals surface area contributed by atoms with Crippen LogP contribution in [0.5, 0.6) is 11.5 Å². The van der Waals surface area contributed by atoms with Crippen molar-refractivity contribution in [2.24, 2.45) is 5.10 Å². The van der Waals surface area contributed by atoms with E-state index in [0.29, 0.717) is 16.5 Å². The highest BCUT2D eigenvalue weighted by Crippen LogP contribution is 2.31. The van der Waals surface area contributed by atoms with Crippen LogP contribution in [0, 0.1) is 0 Å². The van der Waals surface area contributed by atoms with Gasteiger partial charge in [0.15, 0.2) is 6.61 Å². The van der Waals surface area contributed by atoms with Crippen molar-refractivity contribution in [2.45, 2.75) is 0 Å². The number of methoxy groups -OCH3 is 1. The lowest BCUT2D eigenvalue weighted by molar-refractivity contribution is -0.123. The molecule has 0 saturated carbocycles. The number of ether oxygens (including phenoxy) is 2. The second-order valence-electron chi connectivity index (χ2n) is 4.41. The number of benzene rings is 2. The van der Waals surface area contributed by atoms with E-state index in [0.717, 1.165) is 5.56 Å². The van der Waals surface area contributed by atoms with Gasteiger partial charge >= 0.3 is 0 Å². The summed E-state index contributed by atoms with van der Waals surface area (Å²) >= 11 is 11.8. The molecule has 5 nitrogen and oxygen atoms in total. The molecule has 0 bridgehead atoms. The molecule has 0 aromatic heterocycles. The standard InChI is InChI=1S/C16H14Cl2N2O3/c1-22-12-5-2-4-11(8-12)9-19-20-15(21)10-23-14-7-3-6-13(17)16(14)18/h2-9H,10H2,1H3,(H,20,21). The number of nitrogens with zero attached hydrogens (tertiary/aromatic N) is 1. The lowest BCUT2D eigenvalue weighted by atomic mass is 10.2. The Hall–Kier alpha value is -2.24. The minimum Gasteiger partial charge on any atom is -0.497 e. The van der Waals surface area contributed by atoms with Gasteiger partial charge in [-0.1, -0.05) is 41.4 Å². The normalized spacial score (nSPS) is 10.6. The van der Waals surface area contributed by atoms with Gasteiger partial charge in [-0.05, 0) is 29.8 Å². The summed E-state index contributed by atoms with van der Waals surface area (Å²) in [5, 5.41) is 4.48. The van der Waals surface area contributed by atoms with E-state index in [1.165, 1.54) is 6.21 Å². The average molecular weight is 353 g/mol. The zero-order valence-electron chi connectivity index (χ0n) is 12.3. The van der Waals surface area contributed by atoms with E-state index in [1.54, 1.807) is 31.4 Å². The highest BCUT2D eigenvalue weighted by Gasteiger charge is 2.07. The third-order valence-corrected chi connectivity index (χ3v) is 3.57. The molecule has 0 spiro atoms. The van der Waals surface area contributed by atoms with Gasteiger partial charge in [0.25, 0.3) is 5.91 Å². The lowest BCUT2D eigenvalue weighted by Gasteiger charge is -2.07. The summed E-state index contributed by atoms with van der Waals surface area (Å²) in [6.07, 6.45) is 1.51. The van der Waals surface area contributed by atoms with Crippen LogP contribution in [0.1, 0.15) is 5.56 Å². The van der Waals surface area contributed by atoms with Gasteiger partial charge in [-0.25, -0.2) is 5.43 Å². The summed E-state index contributed by atoms with van der Waals surface area (Å²) in [5.41, 5.74) is 3.16. The SMILES string of the molecule is COc1cccc(C=NNC(=O)COc2cccc(Cl)c2Cl)c1. The molecule has 2 aromatic carbocycles. The molecule has 0 atom stereocenters. The van der Waals surface area contributed by atoms with Crippen LogP contribution in [0.2, 0.25) is 10.0 Å². The van der Waals surface area contributed by atoms with E-state index in [9.17, 15) is 4.79 Å². The first kappa shape index (κ1) is 17.1. The quantitative estimate of drug-likeness (QED) is 0.638. The van der Waals surface area contributed by atoms with Gasteiger partial charge in [-0.2, -0.15) is 5.10 Å². The maximum Gasteiger partial charge on any atom is 0.277 e. The second-order valence-corrected chi connectivity index (χ2v) is 5.20. The number of halogens is 2. The van der Waals surface area contributed by atoms with Gasteiger partial charge in [-0.3, -0.25) is 4.79 Å². The number of hydrogen-bond acceptors (Lipinski definition) is 4. The smallest absolute Gasteiger partial charge is 0.277 e. The van der Waals surface area contributed by atoms with Gasteiger partial charge in [0.1, 0.15) is 16.5 Å². The molecule has 0 unspecified atom stereocenters. The fourth-order valence-corrected chi connectivity index (χ4v) is 2.02.